The van der Waals surface area contributed by atoms with Gasteiger partial charge in [0.1, 0.15) is 5.75 Å². The van der Waals surface area contributed by atoms with Gasteiger partial charge in [0.15, 0.2) is 0 Å². The summed E-state index contributed by atoms with van der Waals surface area (Å²) in [6.45, 7) is 4.14. The molecule has 2 N–H and O–H groups in total. The highest BCUT2D eigenvalue weighted by atomic mass is 35.5. The molecule has 2 heterocycles. The van der Waals surface area contributed by atoms with E-state index in [0.29, 0.717) is 23.4 Å². The van der Waals surface area contributed by atoms with Gasteiger partial charge in [-0.25, -0.2) is 0 Å². The third kappa shape index (κ3) is 4.06. The highest BCUT2D eigenvalue weighted by molar-refractivity contribution is 6.31. The van der Waals surface area contributed by atoms with E-state index in [-0.39, 0.29) is 18.4 Å². The van der Waals surface area contributed by atoms with Crippen molar-refractivity contribution in [1.82, 2.24) is 9.88 Å². The molecule has 1 aliphatic heterocycles. The molecule has 0 radical (unpaired) electrons. The van der Waals surface area contributed by atoms with Crippen LogP contribution in [0, 0.1) is 6.92 Å². The molecule has 26 heavy (non-hydrogen) atoms. The summed E-state index contributed by atoms with van der Waals surface area (Å²) >= 11 is 6.43. The number of nitrogens with zero attached hydrogens (tertiary/aromatic N) is 3. The molecule has 0 amide bonds. The van der Waals surface area contributed by atoms with E-state index in [0.717, 1.165) is 23.7 Å². The number of aromatic hydroxyl groups is 1. The quantitative estimate of drug-likeness (QED) is 0.760. The van der Waals surface area contributed by atoms with E-state index in [1.165, 1.54) is 12.8 Å². The van der Waals surface area contributed by atoms with Crippen LogP contribution in [0.4, 0.5) is 0 Å². The van der Waals surface area contributed by atoms with Crippen LogP contribution in [-0.2, 0) is 6.61 Å². The second kappa shape index (κ2) is 8.62. The second-order valence-electron chi connectivity index (χ2n) is 6.56. The van der Waals surface area contributed by atoms with Crippen molar-refractivity contribution in [3.05, 3.63) is 57.9 Å². The van der Waals surface area contributed by atoms with Crippen LogP contribution in [0.15, 0.2) is 35.5 Å². The Morgan fingerprint density at radius 3 is 2.73 bits per heavy atom. The number of aromatic nitrogens is 1. The molecule has 1 aromatic carbocycles. The van der Waals surface area contributed by atoms with Crippen molar-refractivity contribution in [2.45, 2.75) is 32.4 Å². The van der Waals surface area contributed by atoms with E-state index in [1.54, 1.807) is 19.3 Å². The lowest BCUT2D eigenvalue weighted by molar-refractivity contribution is 0.252. The van der Waals surface area contributed by atoms with Gasteiger partial charge in [-0.05, 0) is 44.5 Å². The summed E-state index contributed by atoms with van der Waals surface area (Å²) in [7, 11) is 0. The molecule has 0 unspecified atom stereocenters. The Labute approximate surface area is 159 Å². The topological polar surface area (TPSA) is 69.0 Å². The highest BCUT2D eigenvalue weighted by Gasteiger charge is 2.24. The van der Waals surface area contributed by atoms with Gasteiger partial charge in [0.25, 0.3) is 0 Å². The van der Waals surface area contributed by atoms with E-state index in [2.05, 4.69) is 14.9 Å². The fraction of sp³-hybridized carbons (Fsp3) is 0.400. The van der Waals surface area contributed by atoms with Crippen LogP contribution in [0.2, 0.25) is 5.02 Å². The van der Waals surface area contributed by atoms with Crippen molar-refractivity contribution < 1.29 is 10.2 Å². The first-order chi connectivity index (χ1) is 12.6. The number of aliphatic imine (C=N–C) groups is 1. The monoisotopic (exact) mass is 373 g/mol. The molecule has 0 aliphatic carbocycles. The van der Waals surface area contributed by atoms with Gasteiger partial charge in [0.2, 0.25) is 0 Å². The van der Waals surface area contributed by atoms with Gasteiger partial charge in [-0.3, -0.25) is 14.9 Å². The lowest BCUT2D eigenvalue weighted by atomic mass is 10.1. The van der Waals surface area contributed by atoms with Crippen molar-refractivity contribution >= 4 is 17.8 Å². The van der Waals surface area contributed by atoms with E-state index in [1.807, 2.05) is 24.3 Å². The smallest absolute Gasteiger partial charge is 0.145 e. The largest absolute Gasteiger partial charge is 0.505 e. The normalized spacial score (nSPS) is 16.4. The summed E-state index contributed by atoms with van der Waals surface area (Å²) in [5, 5.41) is 20.5. The summed E-state index contributed by atoms with van der Waals surface area (Å²) < 4.78 is 0. The number of hydrogen-bond acceptors (Lipinski definition) is 5. The lowest BCUT2D eigenvalue weighted by Gasteiger charge is -2.27. The predicted molar refractivity (Wildman–Crippen MR) is 104 cm³/mol. The van der Waals surface area contributed by atoms with Crippen LogP contribution in [-0.4, -0.2) is 45.9 Å². The molecule has 1 atom stereocenters. The van der Waals surface area contributed by atoms with Crippen LogP contribution < -0.4 is 0 Å². The number of benzene rings is 1. The molecular weight excluding hydrogens is 350 g/mol. The minimum atomic E-state index is -0.192. The second-order valence-corrected chi connectivity index (χ2v) is 6.97. The van der Waals surface area contributed by atoms with Gasteiger partial charge in [0, 0.05) is 28.6 Å². The van der Waals surface area contributed by atoms with Crippen molar-refractivity contribution in [3.8, 4) is 5.75 Å². The van der Waals surface area contributed by atoms with Gasteiger partial charge in [-0.2, -0.15) is 0 Å². The Morgan fingerprint density at radius 1 is 1.31 bits per heavy atom. The first kappa shape index (κ1) is 18.8. The molecule has 1 aromatic heterocycles. The minimum absolute atomic E-state index is 0.0655. The number of rotatable bonds is 6. The molecule has 0 spiro atoms. The molecule has 2 aromatic rings. The molecule has 3 rings (SSSR count). The molecule has 0 saturated carbocycles. The van der Waals surface area contributed by atoms with Crippen LogP contribution in [0.1, 0.15) is 41.3 Å². The fourth-order valence-electron chi connectivity index (χ4n) is 3.38. The van der Waals surface area contributed by atoms with Crippen LogP contribution >= 0.6 is 11.6 Å². The van der Waals surface area contributed by atoms with Crippen LogP contribution in [0.3, 0.4) is 0 Å². The molecule has 5 nitrogen and oxygen atoms in total. The summed E-state index contributed by atoms with van der Waals surface area (Å²) in [6, 6.07) is 7.99. The minimum Gasteiger partial charge on any atom is -0.505 e. The summed E-state index contributed by atoms with van der Waals surface area (Å²) in [5.74, 6) is 0.0655. The third-order valence-electron chi connectivity index (χ3n) is 4.87. The first-order valence-corrected chi connectivity index (χ1v) is 9.26. The van der Waals surface area contributed by atoms with Crippen molar-refractivity contribution in [3.63, 3.8) is 0 Å². The molecule has 1 saturated heterocycles. The Kier molecular flexibility index (Phi) is 6.25. The number of aliphatic hydroxyl groups is 1. The number of aryl methyl sites for hydroxylation is 1. The predicted octanol–water partition coefficient (Wildman–Crippen LogP) is 3.50. The fourth-order valence-corrected chi connectivity index (χ4v) is 3.64. The van der Waals surface area contributed by atoms with Gasteiger partial charge in [-0.1, -0.05) is 29.8 Å². The molecular formula is C20H24ClN3O2. The zero-order chi connectivity index (χ0) is 18.5. The SMILES string of the molecule is Cc1ncc(CO)c(C=NC[C@@H](c2ccccc2Cl)N2CCCC2)c1O. The maximum Gasteiger partial charge on any atom is 0.145 e. The molecule has 138 valence electrons. The Hall–Kier alpha value is -1.95. The zero-order valence-electron chi connectivity index (χ0n) is 14.9. The van der Waals surface area contributed by atoms with Gasteiger partial charge in [-0.15, -0.1) is 0 Å². The van der Waals surface area contributed by atoms with Crippen molar-refractivity contribution in [2.24, 2.45) is 4.99 Å². The Morgan fingerprint density at radius 2 is 2.04 bits per heavy atom. The number of aliphatic hydroxyl groups excluding tert-OH is 1. The number of pyridine rings is 1. The van der Waals surface area contributed by atoms with E-state index in [9.17, 15) is 10.2 Å². The van der Waals surface area contributed by atoms with Gasteiger partial charge < -0.3 is 10.2 Å². The van der Waals surface area contributed by atoms with E-state index >= 15 is 0 Å². The van der Waals surface area contributed by atoms with Crippen LogP contribution in [0.25, 0.3) is 0 Å². The molecule has 6 heteroatoms. The highest BCUT2D eigenvalue weighted by Crippen LogP contribution is 2.30. The summed E-state index contributed by atoms with van der Waals surface area (Å²) in [4.78, 5) is 11.1. The number of hydrogen-bond donors (Lipinski definition) is 2. The molecule has 1 aliphatic rings. The van der Waals surface area contributed by atoms with Crippen LogP contribution in [0.5, 0.6) is 5.75 Å². The maximum absolute atomic E-state index is 10.3. The average Bonchev–Trinajstić information content (AvgIpc) is 3.17. The maximum atomic E-state index is 10.3. The first-order valence-electron chi connectivity index (χ1n) is 8.88. The molecule has 1 fully saturated rings. The summed E-state index contributed by atoms with van der Waals surface area (Å²) in [6.07, 6.45) is 5.57. The Bertz CT molecular complexity index is 789. The molecule has 0 bridgehead atoms. The van der Waals surface area contributed by atoms with Gasteiger partial charge in [0.05, 0.1) is 24.9 Å². The Balaban J connectivity index is 1.86. The number of likely N-dealkylation sites (tertiary alicyclic amines) is 1. The third-order valence-corrected chi connectivity index (χ3v) is 5.22. The van der Waals surface area contributed by atoms with E-state index in [4.69, 9.17) is 11.6 Å². The van der Waals surface area contributed by atoms with E-state index < -0.39 is 0 Å². The average molecular weight is 374 g/mol. The van der Waals surface area contributed by atoms with Gasteiger partial charge >= 0.3 is 0 Å². The summed E-state index contributed by atoms with van der Waals surface area (Å²) in [5.41, 5.74) is 2.68. The van der Waals surface area contributed by atoms with Crippen molar-refractivity contribution in [2.75, 3.05) is 19.6 Å². The lowest BCUT2D eigenvalue weighted by Crippen LogP contribution is -2.28. The zero-order valence-corrected chi connectivity index (χ0v) is 15.7. The standard InChI is InChI=1S/C20H24ClN3O2/c1-14-20(26)17(15(13-25)10-23-14)11-22-12-19(24-8-4-5-9-24)16-6-2-3-7-18(16)21/h2-3,6-7,10-11,19,25-26H,4-5,8-9,12-13H2,1H3/t19-/m0/s1. The number of halogens is 1. The van der Waals surface area contributed by atoms with Crippen molar-refractivity contribution in [1.29, 1.82) is 0 Å².